The molecule has 0 bridgehead atoms. The lowest BCUT2D eigenvalue weighted by Crippen LogP contribution is -2.44. The van der Waals surface area contributed by atoms with Gasteiger partial charge in [-0.15, -0.1) is 0 Å². The van der Waals surface area contributed by atoms with Gasteiger partial charge in [0.1, 0.15) is 6.04 Å². The van der Waals surface area contributed by atoms with Gasteiger partial charge in [0.15, 0.2) is 0 Å². The van der Waals surface area contributed by atoms with E-state index in [9.17, 15) is 9.59 Å². The van der Waals surface area contributed by atoms with Gasteiger partial charge in [-0.1, -0.05) is 19.9 Å². The second kappa shape index (κ2) is 4.33. The number of carbonyl (C=O) groups excluding carboxylic acids is 2. The third-order valence-electron chi connectivity index (χ3n) is 3.19. The van der Waals surface area contributed by atoms with Gasteiger partial charge in [-0.05, 0) is 24.5 Å². The SMILES string of the molecule is Cc1ccc2c(c1N)NC(=O)C(C(C)C)NC2=O. The molecule has 0 radical (unpaired) electrons. The van der Waals surface area contributed by atoms with Gasteiger partial charge >= 0.3 is 0 Å². The summed E-state index contributed by atoms with van der Waals surface area (Å²) in [5.74, 6) is -0.478. The first-order chi connectivity index (χ1) is 8.41. The first kappa shape index (κ1) is 12.4. The third-order valence-corrected chi connectivity index (χ3v) is 3.19. The van der Waals surface area contributed by atoms with Crippen LogP contribution >= 0.6 is 0 Å². The molecular formula is C13H17N3O2. The van der Waals surface area contributed by atoms with E-state index < -0.39 is 6.04 Å². The minimum Gasteiger partial charge on any atom is -0.397 e. The highest BCUT2D eigenvalue weighted by Gasteiger charge is 2.30. The molecule has 1 aliphatic rings. The van der Waals surface area contributed by atoms with E-state index in [0.29, 0.717) is 16.9 Å². The van der Waals surface area contributed by atoms with Gasteiger partial charge in [0.25, 0.3) is 5.91 Å². The molecule has 0 spiro atoms. The number of hydrogen-bond acceptors (Lipinski definition) is 3. The number of anilines is 2. The zero-order valence-corrected chi connectivity index (χ0v) is 10.7. The van der Waals surface area contributed by atoms with Crippen LogP contribution in [0.2, 0.25) is 0 Å². The molecule has 1 aromatic rings. The van der Waals surface area contributed by atoms with Crippen molar-refractivity contribution in [2.45, 2.75) is 26.8 Å². The van der Waals surface area contributed by atoms with E-state index in [1.54, 1.807) is 12.1 Å². The normalized spacial score (nSPS) is 19.0. The van der Waals surface area contributed by atoms with Crippen LogP contribution in [0.5, 0.6) is 0 Å². The molecule has 2 rings (SSSR count). The van der Waals surface area contributed by atoms with Crippen LogP contribution in [-0.2, 0) is 4.79 Å². The molecule has 1 aromatic carbocycles. The van der Waals surface area contributed by atoms with Crippen LogP contribution in [0.3, 0.4) is 0 Å². The molecule has 0 aromatic heterocycles. The molecule has 0 saturated carbocycles. The molecule has 5 nitrogen and oxygen atoms in total. The number of benzene rings is 1. The van der Waals surface area contributed by atoms with Crippen molar-refractivity contribution in [3.8, 4) is 0 Å². The Bertz CT molecular complexity index is 523. The van der Waals surface area contributed by atoms with E-state index in [4.69, 9.17) is 5.73 Å². The van der Waals surface area contributed by atoms with Crippen molar-refractivity contribution >= 4 is 23.2 Å². The Kier molecular flexibility index (Phi) is 2.98. The molecular weight excluding hydrogens is 230 g/mol. The van der Waals surface area contributed by atoms with Crippen LogP contribution in [0.4, 0.5) is 11.4 Å². The van der Waals surface area contributed by atoms with Gasteiger partial charge in [-0.2, -0.15) is 0 Å². The van der Waals surface area contributed by atoms with Crippen molar-refractivity contribution in [3.63, 3.8) is 0 Å². The molecule has 1 heterocycles. The van der Waals surface area contributed by atoms with Crippen LogP contribution in [0.1, 0.15) is 29.8 Å². The Morgan fingerprint density at radius 3 is 2.56 bits per heavy atom. The summed E-state index contributed by atoms with van der Waals surface area (Å²) in [6, 6.07) is 2.92. The fourth-order valence-corrected chi connectivity index (χ4v) is 2.00. The van der Waals surface area contributed by atoms with Crippen molar-refractivity contribution in [3.05, 3.63) is 23.3 Å². The molecule has 1 atom stereocenters. The third kappa shape index (κ3) is 1.92. The average molecular weight is 247 g/mol. The van der Waals surface area contributed by atoms with Crippen LogP contribution in [-0.4, -0.2) is 17.9 Å². The van der Waals surface area contributed by atoms with Crippen LogP contribution in [0.25, 0.3) is 0 Å². The van der Waals surface area contributed by atoms with Crippen LogP contribution in [0.15, 0.2) is 12.1 Å². The molecule has 0 aliphatic carbocycles. The van der Waals surface area contributed by atoms with Gasteiger partial charge in [0, 0.05) is 0 Å². The quantitative estimate of drug-likeness (QED) is 0.654. The molecule has 5 heteroatoms. The van der Waals surface area contributed by atoms with Crippen LogP contribution in [0, 0.1) is 12.8 Å². The van der Waals surface area contributed by atoms with E-state index >= 15 is 0 Å². The van der Waals surface area contributed by atoms with Crippen LogP contribution < -0.4 is 16.4 Å². The molecule has 0 saturated heterocycles. The largest absolute Gasteiger partial charge is 0.397 e. The maximum Gasteiger partial charge on any atom is 0.254 e. The number of aryl methyl sites for hydroxylation is 1. The number of nitrogen functional groups attached to an aromatic ring is 1. The van der Waals surface area contributed by atoms with Gasteiger partial charge in [-0.3, -0.25) is 9.59 Å². The fourth-order valence-electron chi connectivity index (χ4n) is 2.00. The van der Waals surface area contributed by atoms with Gasteiger partial charge < -0.3 is 16.4 Å². The second-order valence-electron chi connectivity index (χ2n) is 4.90. The minimum atomic E-state index is -0.537. The van der Waals surface area contributed by atoms with E-state index in [1.165, 1.54) is 0 Å². The van der Waals surface area contributed by atoms with Gasteiger partial charge in [-0.25, -0.2) is 0 Å². The second-order valence-corrected chi connectivity index (χ2v) is 4.90. The zero-order chi connectivity index (χ0) is 13.4. The van der Waals surface area contributed by atoms with Crippen molar-refractivity contribution in [1.82, 2.24) is 5.32 Å². The highest BCUT2D eigenvalue weighted by Crippen LogP contribution is 2.29. The molecule has 1 aliphatic heterocycles. The van der Waals surface area contributed by atoms with Crippen molar-refractivity contribution in [1.29, 1.82) is 0 Å². The summed E-state index contributed by atoms with van der Waals surface area (Å²) in [6.07, 6.45) is 0. The smallest absolute Gasteiger partial charge is 0.254 e. The number of nitrogens with one attached hydrogen (secondary N) is 2. The number of carbonyl (C=O) groups is 2. The summed E-state index contributed by atoms with van der Waals surface area (Å²) in [5.41, 5.74) is 8.04. The summed E-state index contributed by atoms with van der Waals surface area (Å²) in [7, 11) is 0. The average Bonchev–Trinajstić information content (AvgIpc) is 2.43. The molecule has 1 unspecified atom stereocenters. The highest BCUT2D eigenvalue weighted by atomic mass is 16.2. The lowest BCUT2D eigenvalue weighted by molar-refractivity contribution is -0.118. The first-order valence-electron chi connectivity index (χ1n) is 5.92. The van der Waals surface area contributed by atoms with Gasteiger partial charge in [0.2, 0.25) is 5.91 Å². The van der Waals surface area contributed by atoms with E-state index in [1.807, 2.05) is 20.8 Å². The molecule has 2 amide bonds. The van der Waals surface area contributed by atoms with Gasteiger partial charge in [0.05, 0.1) is 16.9 Å². The number of fused-ring (bicyclic) bond motifs is 1. The monoisotopic (exact) mass is 247 g/mol. The summed E-state index contributed by atoms with van der Waals surface area (Å²) < 4.78 is 0. The zero-order valence-electron chi connectivity index (χ0n) is 10.7. The van der Waals surface area contributed by atoms with Crippen molar-refractivity contribution < 1.29 is 9.59 Å². The fraction of sp³-hybridized carbons (Fsp3) is 0.385. The predicted molar refractivity (Wildman–Crippen MR) is 70.3 cm³/mol. The Morgan fingerprint density at radius 2 is 1.94 bits per heavy atom. The first-order valence-corrected chi connectivity index (χ1v) is 5.92. The summed E-state index contributed by atoms with van der Waals surface area (Å²) in [4.78, 5) is 24.1. The minimum absolute atomic E-state index is 0.0191. The van der Waals surface area contributed by atoms with E-state index in [0.717, 1.165) is 5.56 Å². The Balaban J connectivity index is 2.52. The van der Waals surface area contributed by atoms with E-state index in [-0.39, 0.29) is 17.7 Å². The topological polar surface area (TPSA) is 84.2 Å². The Hall–Kier alpha value is -2.04. The van der Waals surface area contributed by atoms with E-state index in [2.05, 4.69) is 10.6 Å². The number of rotatable bonds is 1. The van der Waals surface area contributed by atoms with Crippen molar-refractivity contribution in [2.24, 2.45) is 5.92 Å². The summed E-state index contributed by atoms with van der Waals surface area (Å²) >= 11 is 0. The molecule has 96 valence electrons. The summed E-state index contributed by atoms with van der Waals surface area (Å²) in [6.45, 7) is 5.61. The maximum absolute atomic E-state index is 12.1. The lowest BCUT2D eigenvalue weighted by atomic mass is 10.0. The number of hydrogen-bond donors (Lipinski definition) is 3. The molecule has 0 fully saturated rings. The molecule has 18 heavy (non-hydrogen) atoms. The number of nitrogens with two attached hydrogens (primary N) is 1. The summed E-state index contributed by atoms with van der Waals surface area (Å²) in [5, 5.41) is 5.47. The Morgan fingerprint density at radius 1 is 1.28 bits per heavy atom. The lowest BCUT2D eigenvalue weighted by Gasteiger charge is -2.17. The molecule has 4 N–H and O–H groups in total. The Labute approximate surface area is 106 Å². The standard InChI is InChI=1S/C13H17N3O2/c1-6(2)10-13(18)16-11-8(12(17)15-10)5-4-7(3)9(11)14/h4-6,10H,14H2,1-3H3,(H,15,17)(H,16,18). The highest BCUT2D eigenvalue weighted by molar-refractivity contribution is 6.12. The maximum atomic E-state index is 12.1. The number of amides is 2. The predicted octanol–water partition coefficient (Wildman–Crippen LogP) is 1.28. The van der Waals surface area contributed by atoms with Crippen molar-refractivity contribution in [2.75, 3.05) is 11.1 Å².